The zero-order valence-electron chi connectivity index (χ0n) is 56.8. The number of nitro groups is 1. The summed E-state index contributed by atoms with van der Waals surface area (Å²) in [5.41, 5.74) is 5.96. The number of aromatic nitrogens is 4. The van der Waals surface area contributed by atoms with Crippen molar-refractivity contribution in [2.24, 2.45) is 0 Å². The van der Waals surface area contributed by atoms with Gasteiger partial charge in [-0.25, -0.2) is 15.0 Å². The normalized spacial score (nSPS) is 13.6. The van der Waals surface area contributed by atoms with E-state index in [-0.39, 0.29) is 43.3 Å². The van der Waals surface area contributed by atoms with E-state index < -0.39 is 41.6 Å². The van der Waals surface area contributed by atoms with Crippen molar-refractivity contribution in [3.05, 3.63) is 184 Å². The Kier molecular flexibility index (Phi) is 29.4. The first kappa shape index (κ1) is 77.6. The Morgan fingerprint density at radius 3 is 1.49 bits per heavy atom. The van der Waals surface area contributed by atoms with Crippen LogP contribution in [-0.2, 0) is 73.1 Å². The molecule has 3 aromatic heterocycles. The maximum atomic E-state index is 12.6. The van der Waals surface area contributed by atoms with Gasteiger partial charge in [0.05, 0.1) is 67.7 Å². The van der Waals surface area contributed by atoms with E-state index in [0.717, 1.165) is 105 Å². The Hall–Kier alpha value is -8.41. The van der Waals surface area contributed by atoms with Crippen molar-refractivity contribution in [3.63, 3.8) is 0 Å². The second-order valence-electron chi connectivity index (χ2n) is 24.2. The van der Waals surface area contributed by atoms with Gasteiger partial charge in [-0.05, 0) is 135 Å². The molecule has 97 heavy (non-hydrogen) atoms. The number of benzene rings is 6. The van der Waals surface area contributed by atoms with Crippen LogP contribution in [-0.4, -0.2) is 116 Å². The predicted molar refractivity (Wildman–Crippen MR) is 384 cm³/mol. The summed E-state index contributed by atoms with van der Waals surface area (Å²) >= 11 is 8.10. The molecule has 0 aliphatic carbocycles. The van der Waals surface area contributed by atoms with Crippen molar-refractivity contribution in [2.45, 2.75) is 131 Å². The number of nitrogens with one attached hydrogen (secondary N) is 1. The van der Waals surface area contributed by atoms with Crippen molar-refractivity contribution in [1.82, 2.24) is 24.4 Å². The van der Waals surface area contributed by atoms with E-state index >= 15 is 0 Å². The van der Waals surface area contributed by atoms with E-state index in [4.69, 9.17) is 45.5 Å². The van der Waals surface area contributed by atoms with Gasteiger partial charge in [0.1, 0.15) is 40.0 Å². The van der Waals surface area contributed by atoms with Crippen molar-refractivity contribution < 1.29 is 74.4 Å². The number of carbonyl (C=O) groups excluding carboxylic acids is 2. The van der Waals surface area contributed by atoms with Gasteiger partial charge in [0, 0.05) is 63.0 Å². The number of anilines is 3. The summed E-state index contributed by atoms with van der Waals surface area (Å²) in [6.07, 6.45) is 3.83. The number of pyridine rings is 2. The van der Waals surface area contributed by atoms with Crippen LogP contribution >= 0.6 is 23.8 Å². The van der Waals surface area contributed by atoms with Crippen molar-refractivity contribution in [2.75, 3.05) is 63.7 Å². The SMILES string of the molecule is C.CC(=O)[O][Hg][O]C(C)=O.CCCC1CC(C)(O)Cn2c1nc1c(N(Cc3ccc(OC)cc3)Cc3ccc(OC)cc3)nc3ccccc3c12.CCCN(C)C(=S)Cl.COc1ccc(CN(Cc2ccc(OC)cc2)c2nc3ccccc3c(NCC(C)(C)O)c2[N+](=O)[O-])cc1. The van der Waals surface area contributed by atoms with Crippen LogP contribution in [0.5, 0.6) is 23.0 Å². The van der Waals surface area contributed by atoms with Gasteiger partial charge in [-0.3, -0.25) is 10.1 Å². The van der Waals surface area contributed by atoms with Gasteiger partial charge in [-0.2, -0.15) is 0 Å². The molecule has 21 nitrogen and oxygen atoms in total. The number of ether oxygens (including phenoxy) is 4. The number of thiocarbonyl (C=S) groups is 1. The molecule has 0 saturated carbocycles. The monoisotopic (exact) mass is 1550 g/mol. The third-order valence-electron chi connectivity index (χ3n) is 15.6. The number of nitrogens with zero attached hydrogens (tertiary/aromatic N) is 8. The summed E-state index contributed by atoms with van der Waals surface area (Å²) < 4.78 is 33.1. The Balaban J connectivity index is 0.000000246. The number of hydrogen-bond donors (Lipinski definition) is 3. The molecule has 2 atom stereocenters. The third-order valence-corrected chi connectivity index (χ3v) is 20.3. The van der Waals surface area contributed by atoms with Gasteiger partial charge in [-0.15, -0.1) is 0 Å². The van der Waals surface area contributed by atoms with E-state index in [0.29, 0.717) is 60.2 Å². The number of aliphatic hydroxyl groups is 2. The maximum absolute atomic E-state index is 12.6. The van der Waals surface area contributed by atoms with Crippen LogP contribution in [0.25, 0.3) is 32.8 Å². The van der Waals surface area contributed by atoms with Crippen molar-refractivity contribution in [3.8, 4) is 23.0 Å². The van der Waals surface area contributed by atoms with Gasteiger partial charge in [0.15, 0.2) is 10.3 Å². The average Bonchev–Trinajstić information content (AvgIpc) is 1.61. The van der Waals surface area contributed by atoms with E-state index in [1.54, 1.807) is 48.4 Å². The van der Waals surface area contributed by atoms with Gasteiger partial charge < -0.3 is 53.7 Å². The number of fused-ring (bicyclic) bond motifs is 6. The molecule has 1 aliphatic heterocycles. The van der Waals surface area contributed by atoms with Crippen LogP contribution in [0.3, 0.4) is 0 Å². The van der Waals surface area contributed by atoms with Crippen LogP contribution in [0.1, 0.15) is 116 Å². The van der Waals surface area contributed by atoms with E-state index in [1.807, 2.05) is 121 Å². The molecule has 514 valence electrons. The minimum absolute atomic E-state index is 0. The molecule has 1 aliphatic rings. The number of rotatable bonds is 24. The van der Waals surface area contributed by atoms with E-state index in [9.17, 15) is 29.9 Å². The Morgan fingerprint density at radius 1 is 0.701 bits per heavy atom. The number of hydrogen-bond acceptors (Lipinski definition) is 19. The van der Waals surface area contributed by atoms with Crippen LogP contribution < -0.4 is 34.1 Å². The fraction of sp³-hybridized carbons (Fsp3) is 0.370. The number of halogens is 1. The zero-order valence-corrected chi connectivity index (χ0v) is 63.8. The molecule has 0 spiro atoms. The van der Waals surface area contributed by atoms with Crippen molar-refractivity contribution in [1.29, 1.82) is 0 Å². The van der Waals surface area contributed by atoms with Crippen LogP contribution in [0.2, 0.25) is 0 Å². The Morgan fingerprint density at radius 2 is 1.11 bits per heavy atom. The summed E-state index contributed by atoms with van der Waals surface area (Å²) in [6.45, 7) is 15.7. The smallest absolute Gasteiger partial charge is 0.335 e. The molecule has 9 aromatic rings. The first-order valence-electron chi connectivity index (χ1n) is 31.6. The molecule has 2 unspecified atom stereocenters. The van der Waals surface area contributed by atoms with Gasteiger partial charge in [0.2, 0.25) is 5.82 Å². The minimum Gasteiger partial charge on any atom is -0.497 e. The molecule has 4 heterocycles. The standard InChI is InChI=1S/C34H38N4O3.C29H32N4O5.C5H10ClNS.2C2H4O2.CH4.Hg/c1-5-8-25-19-34(2,39)22-38-31-28-9-6-7-10-29(28)35-33(30(31)36-32(25)38)37(20-23-11-15-26(40-3)16-12-23)21-24-13-17-27(41-4)18-14-24;1-29(2,34)19-30-26-24-7-5-6-8-25(24)31-28(27(26)33(35)36)32(17-20-9-13-22(37-3)14-10-20)18-21-11-15-23(38-4)16-12-21;1-3-4-7(2)5(6)8;2*1-2(3)4;;/h6-7,9-18,25,39H,5,8,19-22H2,1-4H3;5-16,34H,17-19H2,1-4H3,(H,30,31);3-4H2,1-2H3;2*1H3,(H,3,4);1H4;/q;;;;;;+2/p-2. The number of imidazole rings is 1. The second kappa shape index (κ2) is 36.8. The van der Waals surface area contributed by atoms with Crippen LogP contribution in [0.4, 0.5) is 23.0 Å². The third kappa shape index (κ3) is 22.3. The summed E-state index contributed by atoms with van der Waals surface area (Å²) in [5, 5.41) is 39.1. The molecule has 0 amide bonds. The topological polar surface area (TPSA) is 238 Å². The van der Waals surface area contributed by atoms with E-state index in [2.05, 4.69) is 88.6 Å². The molecule has 0 fully saturated rings. The molecular weight excluding hydrogens is 1460 g/mol. The zero-order chi connectivity index (χ0) is 69.7. The van der Waals surface area contributed by atoms with E-state index in [1.165, 1.54) is 13.8 Å². The first-order chi connectivity index (χ1) is 45.9. The van der Waals surface area contributed by atoms with Crippen molar-refractivity contribution >= 4 is 96.1 Å². The molecule has 24 heteroatoms. The first-order valence-corrected chi connectivity index (χ1v) is 36.9. The summed E-state index contributed by atoms with van der Waals surface area (Å²) in [7, 11) is 8.47. The molecular formula is C73H90ClHgN9O12S. The number of methoxy groups -OCH3 is 4. The van der Waals surface area contributed by atoms with Crippen LogP contribution in [0, 0.1) is 10.1 Å². The Labute approximate surface area is 592 Å². The maximum Gasteiger partial charge on any atom is 0.335 e. The molecule has 0 bridgehead atoms. The minimum atomic E-state index is -2.04. The molecule has 0 saturated heterocycles. The number of carbonyl (C=O) groups is 2. The average molecular weight is 1550 g/mol. The van der Waals surface area contributed by atoms with Gasteiger partial charge in [-0.1, -0.05) is 124 Å². The summed E-state index contributed by atoms with van der Waals surface area (Å²) in [5.74, 6) is 4.72. The molecule has 10 rings (SSSR count). The van der Waals surface area contributed by atoms with Crippen LogP contribution in [0.15, 0.2) is 146 Å². The number of para-hydroxylation sites is 2. The summed E-state index contributed by atoms with van der Waals surface area (Å²) in [4.78, 5) is 53.7. The quantitative estimate of drug-likeness (QED) is 0.0127. The molecule has 3 N–H and O–H groups in total. The second-order valence-corrected chi connectivity index (χ2v) is 28.3. The van der Waals surface area contributed by atoms with Gasteiger partial charge in [0.25, 0.3) is 0 Å². The molecule has 6 aromatic carbocycles. The fourth-order valence-corrected chi connectivity index (χ4v) is 12.7. The molecule has 0 radical (unpaired) electrons. The van der Waals surface area contributed by atoms with Gasteiger partial charge >= 0.3 is 71.8 Å². The summed E-state index contributed by atoms with van der Waals surface area (Å²) in [6, 6.07) is 47.1. The Bertz CT molecular complexity index is 3930. The fourth-order valence-electron chi connectivity index (χ4n) is 11.0. The predicted octanol–water partition coefficient (Wildman–Crippen LogP) is 14.9. The largest absolute Gasteiger partial charge is 0.497 e.